The summed E-state index contributed by atoms with van der Waals surface area (Å²) in [5.41, 5.74) is 0.472. The first-order valence-corrected chi connectivity index (χ1v) is 9.43. The van der Waals surface area contributed by atoms with Gasteiger partial charge in [-0.25, -0.2) is 0 Å². The summed E-state index contributed by atoms with van der Waals surface area (Å²) in [6, 6.07) is 6.63. The number of benzene rings is 2. The van der Waals surface area contributed by atoms with Crippen LogP contribution in [-0.2, 0) is 17.4 Å². The zero-order chi connectivity index (χ0) is 22.2. The zero-order valence-electron chi connectivity index (χ0n) is 16.1. The summed E-state index contributed by atoms with van der Waals surface area (Å²) < 4.78 is 39.7. The molecule has 0 saturated heterocycles. The molecule has 158 valence electrons. The minimum absolute atomic E-state index is 0.00558. The molecule has 9 heteroatoms. The molecule has 0 atom stereocenters. The fourth-order valence-electron chi connectivity index (χ4n) is 3.32. The van der Waals surface area contributed by atoms with Crippen molar-refractivity contribution in [2.24, 2.45) is 0 Å². The van der Waals surface area contributed by atoms with Crippen molar-refractivity contribution in [3.63, 3.8) is 0 Å². The standard InChI is InChI=1S/C21H18ClF3N2O3/c1-3-26-19(29)9-14-11(2)27(17-10-16(22)18(28)8-15(14)17)20(30)12-4-6-13(7-5-12)21(23,24)25/h4-8,10,28H,3,9H2,1-2H3,(H,26,29). The van der Waals surface area contributed by atoms with Gasteiger partial charge < -0.3 is 10.4 Å². The first-order valence-electron chi connectivity index (χ1n) is 9.05. The van der Waals surface area contributed by atoms with E-state index in [9.17, 15) is 27.9 Å². The van der Waals surface area contributed by atoms with E-state index in [1.165, 1.54) is 16.7 Å². The van der Waals surface area contributed by atoms with Crippen molar-refractivity contribution in [2.45, 2.75) is 26.4 Å². The predicted molar refractivity (Wildman–Crippen MR) is 107 cm³/mol. The molecule has 0 aliphatic heterocycles. The molecule has 0 bridgehead atoms. The zero-order valence-corrected chi connectivity index (χ0v) is 16.9. The average Bonchev–Trinajstić information content (AvgIpc) is 2.92. The molecule has 1 aromatic heterocycles. The number of alkyl halides is 3. The molecule has 0 aliphatic rings. The molecule has 0 radical (unpaired) electrons. The van der Waals surface area contributed by atoms with Gasteiger partial charge in [-0.2, -0.15) is 13.2 Å². The van der Waals surface area contributed by atoms with Crippen molar-refractivity contribution in [2.75, 3.05) is 6.54 Å². The molecule has 3 aromatic rings. The molecule has 0 spiro atoms. The second-order valence-electron chi connectivity index (χ2n) is 6.73. The molecule has 5 nitrogen and oxygen atoms in total. The van der Waals surface area contributed by atoms with Crippen LogP contribution >= 0.6 is 11.6 Å². The van der Waals surface area contributed by atoms with Crippen molar-refractivity contribution in [1.29, 1.82) is 0 Å². The van der Waals surface area contributed by atoms with Crippen LogP contribution in [-0.4, -0.2) is 28.0 Å². The fourth-order valence-corrected chi connectivity index (χ4v) is 3.48. The van der Waals surface area contributed by atoms with Crippen molar-refractivity contribution in [3.8, 4) is 5.75 Å². The van der Waals surface area contributed by atoms with Gasteiger partial charge in [0.2, 0.25) is 5.91 Å². The second kappa shape index (κ2) is 8.02. The van der Waals surface area contributed by atoms with E-state index >= 15 is 0 Å². The van der Waals surface area contributed by atoms with Gasteiger partial charge in [0.1, 0.15) is 5.75 Å². The average molecular weight is 439 g/mol. The van der Waals surface area contributed by atoms with Gasteiger partial charge >= 0.3 is 6.18 Å². The predicted octanol–water partition coefficient (Wildman–Crippen LogP) is 4.69. The molecular formula is C21H18ClF3N2O3. The minimum atomic E-state index is -4.51. The molecule has 2 aromatic carbocycles. The monoisotopic (exact) mass is 438 g/mol. The lowest BCUT2D eigenvalue weighted by Gasteiger charge is -2.10. The van der Waals surface area contributed by atoms with Crippen LogP contribution in [0.3, 0.4) is 0 Å². The SMILES string of the molecule is CCNC(=O)Cc1c(C)n(C(=O)c2ccc(C(F)(F)F)cc2)c2cc(Cl)c(O)cc12. The van der Waals surface area contributed by atoms with E-state index in [1.54, 1.807) is 13.8 Å². The van der Waals surface area contributed by atoms with Crippen molar-refractivity contribution < 1.29 is 27.9 Å². The first kappa shape index (κ1) is 21.7. The summed E-state index contributed by atoms with van der Waals surface area (Å²) in [4.78, 5) is 25.3. The van der Waals surface area contributed by atoms with Crippen molar-refractivity contribution in [1.82, 2.24) is 9.88 Å². The maximum atomic E-state index is 13.1. The normalized spacial score (nSPS) is 11.7. The van der Waals surface area contributed by atoms with Crippen molar-refractivity contribution in [3.05, 3.63) is 63.8 Å². The number of nitrogens with zero attached hydrogens (tertiary/aromatic N) is 1. The number of carbonyl (C=O) groups excluding carboxylic acids is 2. The van der Waals surface area contributed by atoms with Crippen molar-refractivity contribution >= 4 is 34.3 Å². The van der Waals surface area contributed by atoms with Gasteiger partial charge in [0.15, 0.2) is 0 Å². The lowest BCUT2D eigenvalue weighted by atomic mass is 10.1. The van der Waals surface area contributed by atoms with E-state index in [2.05, 4.69) is 5.32 Å². The third-order valence-electron chi connectivity index (χ3n) is 4.78. The third kappa shape index (κ3) is 4.00. The van der Waals surface area contributed by atoms with E-state index in [1.807, 2.05) is 0 Å². The Morgan fingerprint density at radius 3 is 2.37 bits per heavy atom. The van der Waals surface area contributed by atoms with Crippen LogP contribution in [0.25, 0.3) is 10.9 Å². The quantitative estimate of drug-likeness (QED) is 0.620. The number of likely N-dealkylation sites (N-methyl/N-ethyl adjacent to an activating group) is 1. The molecule has 0 fully saturated rings. The summed E-state index contributed by atoms with van der Waals surface area (Å²) >= 11 is 6.02. The number of rotatable bonds is 4. The van der Waals surface area contributed by atoms with Gasteiger partial charge in [-0.3, -0.25) is 14.2 Å². The van der Waals surface area contributed by atoms with E-state index in [0.29, 0.717) is 28.7 Å². The Balaban J connectivity index is 2.15. The van der Waals surface area contributed by atoms with Gasteiger partial charge in [0, 0.05) is 23.2 Å². The molecule has 0 saturated carbocycles. The largest absolute Gasteiger partial charge is 0.506 e. The van der Waals surface area contributed by atoms with Gasteiger partial charge in [0.25, 0.3) is 5.91 Å². The number of aromatic hydroxyl groups is 1. The lowest BCUT2D eigenvalue weighted by molar-refractivity contribution is -0.137. The number of fused-ring (bicyclic) bond motifs is 1. The van der Waals surface area contributed by atoms with Crippen LogP contribution in [0, 0.1) is 6.92 Å². The Bertz CT molecular complexity index is 1140. The summed E-state index contributed by atoms with van der Waals surface area (Å²) in [6.45, 7) is 3.83. The molecule has 1 amide bonds. The smallest absolute Gasteiger partial charge is 0.416 e. The van der Waals surface area contributed by atoms with E-state index in [-0.39, 0.29) is 28.7 Å². The van der Waals surface area contributed by atoms with Crippen LogP contribution < -0.4 is 5.32 Å². The highest BCUT2D eigenvalue weighted by Crippen LogP contribution is 2.35. The number of phenols is 1. The summed E-state index contributed by atoms with van der Waals surface area (Å²) in [5.74, 6) is -1.05. The molecule has 0 unspecified atom stereocenters. The topological polar surface area (TPSA) is 71.3 Å². The van der Waals surface area contributed by atoms with Crippen LogP contribution in [0.1, 0.15) is 34.1 Å². The van der Waals surface area contributed by atoms with Crippen LogP contribution in [0.15, 0.2) is 36.4 Å². The molecule has 30 heavy (non-hydrogen) atoms. The number of halogens is 4. The Morgan fingerprint density at radius 1 is 1.17 bits per heavy atom. The third-order valence-corrected chi connectivity index (χ3v) is 5.08. The molecule has 3 rings (SSSR count). The fraction of sp³-hybridized carbons (Fsp3) is 0.238. The second-order valence-corrected chi connectivity index (χ2v) is 7.14. The highest BCUT2D eigenvalue weighted by atomic mass is 35.5. The van der Waals surface area contributed by atoms with E-state index in [0.717, 1.165) is 24.3 Å². The minimum Gasteiger partial charge on any atom is -0.506 e. The van der Waals surface area contributed by atoms with E-state index in [4.69, 9.17) is 11.6 Å². The summed E-state index contributed by atoms with van der Waals surface area (Å²) in [7, 11) is 0. The number of nitrogens with one attached hydrogen (secondary N) is 1. The van der Waals surface area contributed by atoms with Crippen LogP contribution in [0.4, 0.5) is 13.2 Å². The first-order chi connectivity index (χ1) is 14.0. The molecule has 2 N–H and O–H groups in total. The number of hydrogen-bond acceptors (Lipinski definition) is 3. The lowest BCUT2D eigenvalue weighted by Crippen LogP contribution is -2.24. The van der Waals surface area contributed by atoms with Gasteiger partial charge in [-0.05, 0) is 55.8 Å². The number of hydrogen-bond donors (Lipinski definition) is 2. The van der Waals surface area contributed by atoms with E-state index < -0.39 is 17.6 Å². The van der Waals surface area contributed by atoms with Crippen LogP contribution in [0.5, 0.6) is 5.75 Å². The van der Waals surface area contributed by atoms with Gasteiger partial charge in [-0.15, -0.1) is 0 Å². The number of aromatic nitrogens is 1. The highest BCUT2D eigenvalue weighted by molar-refractivity contribution is 6.33. The Kier molecular flexibility index (Phi) is 5.81. The summed E-state index contributed by atoms with van der Waals surface area (Å²) in [5, 5.41) is 13.1. The molecule has 1 heterocycles. The Hall–Kier alpha value is -3.00. The maximum absolute atomic E-state index is 13.1. The van der Waals surface area contributed by atoms with Gasteiger partial charge in [-0.1, -0.05) is 11.6 Å². The number of amides is 1. The Labute approximate surface area is 175 Å². The maximum Gasteiger partial charge on any atom is 0.416 e. The Morgan fingerprint density at radius 2 is 1.80 bits per heavy atom. The van der Waals surface area contributed by atoms with Gasteiger partial charge in [0.05, 0.1) is 22.5 Å². The number of phenolic OH excluding ortho intramolecular Hbond substituents is 1. The summed E-state index contributed by atoms with van der Waals surface area (Å²) in [6.07, 6.45) is -4.55. The molecular weight excluding hydrogens is 421 g/mol. The molecule has 0 aliphatic carbocycles. The highest BCUT2D eigenvalue weighted by Gasteiger charge is 2.30. The number of carbonyl (C=O) groups is 2. The van der Waals surface area contributed by atoms with Crippen LogP contribution in [0.2, 0.25) is 5.02 Å².